The molecule has 0 saturated carbocycles. The predicted molar refractivity (Wildman–Crippen MR) is 117 cm³/mol. The van der Waals surface area contributed by atoms with Gasteiger partial charge in [-0.05, 0) is 69.6 Å². The SMILES string of the molecule is COCCOc1ccc(-n2c(=O)[nH]c3ccc(B4OC(C)(C)C(C)(C)O4)cc32)cc1. The van der Waals surface area contributed by atoms with Crippen molar-refractivity contribution in [2.45, 2.75) is 38.9 Å². The summed E-state index contributed by atoms with van der Waals surface area (Å²) in [5, 5.41) is 0. The Kier molecular flexibility index (Phi) is 5.26. The van der Waals surface area contributed by atoms with Crippen molar-refractivity contribution >= 4 is 23.6 Å². The van der Waals surface area contributed by atoms with Gasteiger partial charge in [-0.15, -0.1) is 0 Å². The van der Waals surface area contributed by atoms with Gasteiger partial charge >= 0.3 is 12.8 Å². The number of aromatic nitrogens is 2. The van der Waals surface area contributed by atoms with E-state index in [1.54, 1.807) is 11.7 Å². The second kappa shape index (κ2) is 7.61. The lowest BCUT2D eigenvalue weighted by Crippen LogP contribution is -2.41. The fraction of sp³-hybridized carbons (Fsp3) is 0.409. The number of nitrogens with one attached hydrogen (secondary N) is 1. The first-order chi connectivity index (χ1) is 14.2. The third-order valence-electron chi connectivity index (χ3n) is 5.88. The van der Waals surface area contributed by atoms with E-state index in [2.05, 4.69) is 4.98 Å². The van der Waals surface area contributed by atoms with Crippen LogP contribution in [0.2, 0.25) is 0 Å². The number of methoxy groups -OCH3 is 1. The van der Waals surface area contributed by atoms with Crippen LogP contribution in [0.5, 0.6) is 5.75 Å². The van der Waals surface area contributed by atoms with Gasteiger partial charge in [0.1, 0.15) is 12.4 Å². The quantitative estimate of drug-likeness (QED) is 0.500. The molecule has 0 unspecified atom stereocenters. The molecule has 30 heavy (non-hydrogen) atoms. The van der Waals surface area contributed by atoms with E-state index in [1.165, 1.54) is 0 Å². The maximum absolute atomic E-state index is 12.7. The van der Waals surface area contributed by atoms with Gasteiger partial charge in [-0.2, -0.15) is 0 Å². The average molecular weight is 410 g/mol. The van der Waals surface area contributed by atoms with Crippen molar-refractivity contribution in [3.05, 3.63) is 52.9 Å². The Labute approximate surface area is 176 Å². The molecular formula is C22H27BN2O5. The van der Waals surface area contributed by atoms with Crippen LogP contribution in [0, 0.1) is 0 Å². The highest BCUT2D eigenvalue weighted by Gasteiger charge is 2.51. The van der Waals surface area contributed by atoms with E-state index in [9.17, 15) is 4.79 Å². The van der Waals surface area contributed by atoms with Crippen LogP contribution in [0.1, 0.15) is 27.7 Å². The topological polar surface area (TPSA) is 74.7 Å². The molecule has 1 aliphatic heterocycles. The Morgan fingerprint density at radius 2 is 1.67 bits per heavy atom. The Bertz CT molecular complexity index is 1080. The summed E-state index contributed by atoms with van der Waals surface area (Å²) in [5.41, 5.74) is 2.07. The molecule has 3 aromatic rings. The smallest absolute Gasteiger partial charge is 0.491 e. The van der Waals surface area contributed by atoms with Crippen molar-refractivity contribution in [3.8, 4) is 11.4 Å². The van der Waals surface area contributed by atoms with Crippen molar-refractivity contribution < 1.29 is 18.8 Å². The van der Waals surface area contributed by atoms with Gasteiger partial charge in [0.2, 0.25) is 0 Å². The number of benzene rings is 2. The van der Waals surface area contributed by atoms with Crippen LogP contribution in [0.4, 0.5) is 0 Å². The third-order valence-corrected chi connectivity index (χ3v) is 5.88. The van der Waals surface area contributed by atoms with Crippen LogP contribution in [0.3, 0.4) is 0 Å². The summed E-state index contributed by atoms with van der Waals surface area (Å²) in [5.74, 6) is 0.724. The van der Waals surface area contributed by atoms with Gasteiger partial charge in [0.05, 0.1) is 34.5 Å². The highest BCUT2D eigenvalue weighted by atomic mass is 16.7. The zero-order valence-electron chi connectivity index (χ0n) is 18.0. The van der Waals surface area contributed by atoms with Crippen LogP contribution >= 0.6 is 0 Å². The molecule has 0 bridgehead atoms. The Morgan fingerprint density at radius 1 is 1.00 bits per heavy atom. The van der Waals surface area contributed by atoms with E-state index >= 15 is 0 Å². The molecule has 0 aliphatic carbocycles. The fourth-order valence-electron chi connectivity index (χ4n) is 3.44. The molecule has 2 heterocycles. The molecule has 4 rings (SSSR count). The van der Waals surface area contributed by atoms with Crippen LogP contribution in [0.25, 0.3) is 16.7 Å². The van der Waals surface area contributed by atoms with Crippen LogP contribution < -0.4 is 15.9 Å². The van der Waals surface area contributed by atoms with Crippen molar-refractivity contribution in [2.24, 2.45) is 0 Å². The first-order valence-electron chi connectivity index (χ1n) is 10.0. The Hall–Kier alpha value is -2.55. The minimum absolute atomic E-state index is 0.205. The van der Waals surface area contributed by atoms with Crippen molar-refractivity contribution in [3.63, 3.8) is 0 Å². The molecule has 1 aliphatic rings. The number of imidazole rings is 1. The number of ether oxygens (including phenoxy) is 2. The normalized spacial score (nSPS) is 17.6. The lowest BCUT2D eigenvalue weighted by Gasteiger charge is -2.32. The molecule has 0 spiro atoms. The van der Waals surface area contributed by atoms with Crippen molar-refractivity contribution in [1.82, 2.24) is 9.55 Å². The molecule has 2 aromatic carbocycles. The molecule has 1 fully saturated rings. The van der Waals surface area contributed by atoms with Gasteiger partial charge in [0.15, 0.2) is 0 Å². The molecule has 1 N–H and O–H groups in total. The summed E-state index contributed by atoms with van der Waals surface area (Å²) in [7, 11) is 1.14. The van der Waals surface area contributed by atoms with E-state index in [0.717, 1.165) is 27.9 Å². The zero-order chi connectivity index (χ0) is 21.5. The summed E-state index contributed by atoms with van der Waals surface area (Å²) >= 11 is 0. The average Bonchev–Trinajstić information content (AvgIpc) is 3.13. The maximum atomic E-state index is 12.7. The molecular weight excluding hydrogens is 383 g/mol. The van der Waals surface area contributed by atoms with E-state index in [4.69, 9.17) is 18.8 Å². The highest BCUT2D eigenvalue weighted by Crippen LogP contribution is 2.36. The number of nitrogens with zero attached hydrogens (tertiary/aromatic N) is 1. The first kappa shape index (κ1) is 20.7. The molecule has 0 atom stereocenters. The Balaban J connectivity index is 1.67. The molecule has 8 heteroatoms. The van der Waals surface area contributed by atoms with Gasteiger partial charge in [0, 0.05) is 7.11 Å². The summed E-state index contributed by atoms with van der Waals surface area (Å²) in [4.78, 5) is 15.6. The molecule has 0 amide bonds. The van der Waals surface area contributed by atoms with Gasteiger partial charge in [-0.1, -0.05) is 6.07 Å². The summed E-state index contributed by atoms with van der Waals surface area (Å²) in [6.45, 7) is 9.08. The van der Waals surface area contributed by atoms with Crippen molar-refractivity contribution in [1.29, 1.82) is 0 Å². The molecule has 0 radical (unpaired) electrons. The lowest BCUT2D eigenvalue weighted by atomic mass is 9.79. The molecule has 7 nitrogen and oxygen atoms in total. The molecule has 1 aromatic heterocycles. The largest absolute Gasteiger partial charge is 0.494 e. The summed E-state index contributed by atoms with van der Waals surface area (Å²) in [6, 6.07) is 13.2. The number of rotatable bonds is 6. The van der Waals surface area contributed by atoms with Gasteiger partial charge in [-0.25, -0.2) is 4.79 Å². The van der Waals surface area contributed by atoms with Gasteiger partial charge in [-0.3, -0.25) is 4.57 Å². The van der Waals surface area contributed by atoms with Gasteiger partial charge in [0.25, 0.3) is 0 Å². The van der Waals surface area contributed by atoms with E-state index in [-0.39, 0.29) is 5.69 Å². The van der Waals surface area contributed by atoms with E-state index in [0.29, 0.717) is 13.2 Å². The molecule has 158 valence electrons. The number of fused-ring (bicyclic) bond motifs is 1. The maximum Gasteiger partial charge on any atom is 0.494 e. The number of aromatic amines is 1. The summed E-state index contributed by atoms with van der Waals surface area (Å²) < 4.78 is 24.6. The number of hydrogen-bond donors (Lipinski definition) is 1. The third kappa shape index (κ3) is 3.66. The van der Waals surface area contributed by atoms with Crippen LogP contribution in [0.15, 0.2) is 47.3 Å². The monoisotopic (exact) mass is 410 g/mol. The predicted octanol–water partition coefficient (Wildman–Crippen LogP) is 2.64. The fourth-order valence-corrected chi connectivity index (χ4v) is 3.44. The van der Waals surface area contributed by atoms with Crippen LogP contribution in [-0.4, -0.2) is 48.2 Å². The minimum atomic E-state index is -0.491. The first-order valence-corrected chi connectivity index (χ1v) is 10.0. The lowest BCUT2D eigenvalue weighted by molar-refractivity contribution is 0.00578. The van der Waals surface area contributed by atoms with Gasteiger partial charge < -0.3 is 23.8 Å². The second-order valence-electron chi connectivity index (χ2n) is 8.47. The molecule has 1 saturated heterocycles. The number of H-pyrrole nitrogens is 1. The standard InChI is InChI=1S/C22H27BN2O5/c1-21(2)22(3,4)30-23(29-21)15-6-11-18-19(14-15)25(20(26)24-18)16-7-9-17(10-8-16)28-13-12-27-5/h6-11,14H,12-13H2,1-5H3,(H,24,26). The second-order valence-corrected chi connectivity index (χ2v) is 8.47. The summed E-state index contributed by atoms with van der Waals surface area (Å²) in [6.07, 6.45) is 0. The zero-order valence-corrected chi connectivity index (χ0v) is 18.0. The van der Waals surface area contributed by atoms with Crippen LogP contribution in [-0.2, 0) is 14.0 Å². The van der Waals surface area contributed by atoms with E-state index < -0.39 is 18.3 Å². The Morgan fingerprint density at radius 3 is 2.30 bits per heavy atom. The highest BCUT2D eigenvalue weighted by molar-refractivity contribution is 6.62. The van der Waals surface area contributed by atoms with Crippen molar-refractivity contribution in [2.75, 3.05) is 20.3 Å². The number of hydrogen-bond acceptors (Lipinski definition) is 5. The van der Waals surface area contributed by atoms with E-state index in [1.807, 2.05) is 70.2 Å². The minimum Gasteiger partial charge on any atom is -0.491 e.